The van der Waals surface area contributed by atoms with Gasteiger partial charge >= 0.3 is 0 Å². The van der Waals surface area contributed by atoms with Crippen molar-refractivity contribution < 1.29 is 29.3 Å². The summed E-state index contributed by atoms with van der Waals surface area (Å²) in [7, 11) is 0. The summed E-state index contributed by atoms with van der Waals surface area (Å²) in [6, 6.07) is 3.17. The first kappa shape index (κ1) is 21.4. The van der Waals surface area contributed by atoms with Crippen molar-refractivity contribution in [2.75, 3.05) is 19.6 Å². The van der Waals surface area contributed by atoms with Crippen LogP contribution in [0.4, 0.5) is 0 Å². The van der Waals surface area contributed by atoms with E-state index in [4.69, 9.17) is 4.74 Å². The Balaban J connectivity index is 1.23. The van der Waals surface area contributed by atoms with Gasteiger partial charge in [0.1, 0.15) is 12.6 Å². The standard InChI is InChI=1S/C26H29N3O6/c30-17-4-3-15-11-18-26(34)8-7-16(27-19(31)13-29-20(32)5-6-21(29)33)24-25(26,22(15)23(17)35-24)9-10-28(18)12-14-1-2-14/h3-6,14,16,18,24,30,34H,1-2,7-13H2,(H,27,31). The van der Waals surface area contributed by atoms with Gasteiger partial charge in [-0.1, -0.05) is 6.07 Å². The normalized spacial score (nSPS) is 36.8. The largest absolute Gasteiger partial charge is 0.504 e. The van der Waals surface area contributed by atoms with E-state index in [1.165, 1.54) is 12.8 Å². The minimum absolute atomic E-state index is 0.0338. The highest BCUT2D eigenvalue weighted by Gasteiger charge is 2.73. The molecule has 3 aliphatic heterocycles. The molecule has 9 heteroatoms. The molecule has 3 fully saturated rings. The van der Waals surface area contributed by atoms with Crippen LogP contribution in [0.15, 0.2) is 24.3 Å². The number of carbonyl (C=O) groups is 3. The van der Waals surface area contributed by atoms with Crippen molar-refractivity contribution in [2.45, 2.75) is 67.7 Å². The minimum atomic E-state index is -1.02. The molecule has 35 heavy (non-hydrogen) atoms. The van der Waals surface area contributed by atoms with Gasteiger partial charge in [-0.05, 0) is 62.6 Å². The second-order valence-electron chi connectivity index (χ2n) is 11.1. The Kier molecular flexibility index (Phi) is 4.32. The maximum Gasteiger partial charge on any atom is 0.254 e. The highest BCUT2D eigenvalue weighted by molar-refractivity contribution is 6.14. The number of carbonyl (C=O) groups excluding carboxylic acids is 3. The summed E-state index contributed by atoms with van der Waals surface area (Å²) in [5.41, 5.74) is 0.251. The number of phenolic OH excluding ortho intramolecular Hbond substituents is 1. The summed E-state index contributed by atoms with van der Waals surface area (Å²) in [4.78, 5) is 40.1. The third kappa shape index (κ3) is 2.79. The highest BCUT2D eigenvalue weighted by atomic mass is 16.5. The molecule has 0 radical (unpaired) electrons. The minimum Gasteiger partial charge on any atom is -0.504 e. The lowest BCUT2D eigenvalue weighted by Crippen LogP contribution is -2.78. The van der Waals surface area contributed by atoms with Crippen molar-refractivity contribution in [1.82, 2.24) is 15.1 Å². The van der Waals surface area contributed by atoms with E-state index in [9.17, 15) is 24.6 Å². The van der Waals surface area contributed by atoms with Crippen molar-refractivity contribution in [3.05, 3.63) is 35.4 Å². The van der Waals surface area contributed by atoms with Crippen LogP contribution in [0.1, 0.15) is 43.2 Å². The number of amides is 3. The fraction of sp³-hybridized carbons (Fsp3) is 0.577. The molecule has 184 valence electrons. The monoisotopic (exact) mass is 479 g/mol. The van der Waals surface area contributed by atoms with Crippen LogP contribution in [0.2, 0.25) is 0 Å². The maximum absolute atomic E-state index is 12.9. The fourth-order valence-electron chi connectivity index (χ4n) is 7.61. The molecular weight excluding hydrogens is 450 g/mol. The van der Waals surface area contributed by atoms with Gasteiger partial charge in [0.2, 0.25) is 5.91 Å². The Morgan fingerprint density at radius 3 is 2.66 bits per heavy atom. The molecule has 2 saturated carbocycles. The van der Waals surface area contributed by atoms with Crippen molar-refractivity contribution >= 4 is 17.7 Å². The number of aliphatic hydroxyl groups is 1. The van der Waals surface area contributed by atoms with Crippen LogP contribution in [0.5, 0.6) is 11.5 Å². The predicted octanol–water partition coefficient (Wildman–Crippen LogP) is 0.366. The molecule has 7 rings (SSSR count). The third-order valence-corrected chi connectivity index (χ3v) is 9.31. The Morgan fingerprint density at radius 1 is 1.14 bits per heavy atom. The SMILES string of the molecule is O=C(CN1C(=O)C=CC1=O)NC1CCC2(O)C3Cc4ccc(O)c5c4C2(CCN3CC2CC2)C1O5. The first-order valence-electron chi connectivity index (χ1n) is 12.6. The summed E-state index contributed by atoms with van der Waals surface area (Å²) in [6.45, 7) is 1.48. The number of rotatable bonds is 5. The van der Waals surface area contributed by atoms with Gasteiger partial charge in [-0.2, -0.15) is 0 Å². The zero-order chi connectivity index (χ0) is 24.1. The van der Waals surface area contributed by atoms with Gasteiger partial charge in [-0.25, -0.2) is 0 Å². The second-order valence-corrected chi connectivity index (χ2v) is 11.1. The molecule has 3 N–H and O–H groups in total. The highest BCUT2D eigenvalue weighted by Crippen LogP contribution is 2.65. The van der Waals surface area contributed by atoms with Gasteiger partial charge in [-0.3, -0.25) is 24.2 Å². The number of aromatic hydroxyl groups is 1. The van der Waals surface area contributed by atoms with E-state index >= 15 is 0 Å². The molecule has 1 spiro atoms. The molecule has 1 aromatic rings. The molecule has 2 bridgehead atoms. The lowest BCUT2D eigenvalue weighted by atomic mass is 9.48. The van der Waals surface area contributed by atoms with E-state index in [1.54, 1.807) is 6.07 Å². The molecule has 3 amide bonds. The summed E-state index contributed by atoms with van der Waals surface area (Å²) >= 11 is 0. The Labute approximate surface area is 202 Å². The van der Waals surface area contributed by atoms with Gasteiger partial charge < -0.3 is 20.3 Å². The van der Waals surface area contributed by atoms with Gasteiger partial charge in [-0.15, -0.1) is 0 Å². The first-order chi connectivity index (χ1) is 16.8. The molecule has 5 unspecified atom stereocenters. The van der Waals surface area contributed by atoms with Crippen LogP contribution in [0, 0.1) is 5.92 Å². The van der Waals surface area contributed by atoms with Gasteiger partial charge in [0, 0.05) is 30.3 Å². The van der Waals surface area contributed by atoms with Crippen LogP contribution in [-0.4, -0.2) is 81.2 Å². The van der Waals surface area contributed by atoms with E-state index in [2.05, 4.69) is 10.2 Å². The Bertz CT molecular complexity index is 1180. The van der Waals surface area contributed by atoms with Crippen molar-refractivity contribution in [1.29, 1.82) is 0 Å². The number of nitrogens with zero attached hydrogens (tertiary/aromatic N) is 2. The molecule has 6 aliphatic rings. The second kappa shape index (κ2) is 7.07. The van der Waals surface area contributed by atoms with E-state index in [0.29, 0.717) is 37.4 Å². The number of imide groups is 1. The zero-order valence-electron chi connectivity index (χ0n) is 19.4. The van der Waals surface area contributed by atoms with E-state index in [-0.39, 0.29) is 18.3 Å². The molecule has 1 saturated heterocycles. The number of hydrogen-bond donors (Lipinski definition) is 3. The van der Waals surface area contributed by atoms with Crippen LogP contribution in [0.3, 0.4) is 0 Å². The first-order valence-corrected chi connectivity index (χ1v) is 12.6. The maximum atomic E-state index is 12.9. The van der Waals surface area contributed by atoms with Gasteiger partial charge in [0.05, 0.1) is 17.1 Å². The zero-order valence-corrected chi connectivity index (χ0v) is 19.4. The molecule has 5 atom stereocenters. The van der Waals surface area contributed by atoms with Crippen molar-refractivity contribution in [2.24, 2.45) is 5.92 Å². The number of phenols is 1. The lowest BCUT2D eigenvalue weighted by molar-refractivity contribution is -0.192. The average molecular weight is 480 g/mol. The quantitative estimate of drug-likeness (QED) is 0.522. The fourth-order valence-corrected chi connectivity index (χ4v) is 7.61. The molecule has 1 aromatic carbocycles. The van der Waals surface area contributed by atoms with Gasteiger partial charge in [0.15, 0.2) is 11.5 Å². The smallest absolute Gasteiger partial charge is 0.254 e. The summed E-state index contributed by atoms with van der Waals surface area (Å²) in [5, 5.41) is 26.1. The van der Waals surface area contributed by atoms with E-state index < -0.39 is 40.9 Å². The molecule has 3 aliphatic carbocycles. The van der Waals surface area contributed by atoms with Crippen molar-refractivity contribution in [3.8, 4) is 11.5 Å². The van der Waals surface area contributed by atoms with Crippen LogP contribution in [0.25, 0.3) is 0 Å². The van der Waals surface area contributed by atoms with Crippen molar-refractivity contribution in [3.63, 3.8) is 0 Å². The molecular formula is C26H29N3O6. The lowest BCUT2D eigenvalue weighted by Gasteiger charge is -2.64. The van der Waals surface area contributed by atoms with Crippen LogP contribution < -0.4 is 10.1 Å². The predicted molar refractivity (Wildman–Crippen MR) is 123 cm³/mol. The Hall–Kier alpha value is -2.91. The summed E-state index contributed by atoms with van der Waals surface area (Å²) in [6.07, 6.45) is 6.68. The number of benzene rings is 1. The molecule has 3 heterocycles. The summed E-state index contributed by atoms with van der Waals surface area (Å²) < 4.78 is 6.43. The van der Waals surface area contributed by atoms with E-state index in [1.807, 2.05) is 6.07 Å². The Morgan fingerprint density at radius 2 is 1.91 bits per heavy atom. The molecule has 9 nitrogen and oxygen atoms in total. The van der Waals surface area contributed by atoms with Gasteiger partial charge in [0.25, 0.3) is 11.8 Å². The topological polar surface area (TPSA) is 119 Å². The number of piperidine rings is 1. The summed E-state index contributed by atoms with van der Waals surface area (Å²) in [5.74, 6) is -0.252. The van der Waals surface area contributed by atoms with E-state index in [0.717, 1.165) is 41.3 Å². The molecule has 0 aromatic heterocycles. The van der Waals surface area contributed by atoms with Crippen LogP contribution in [-0.2, 0) is 26.2 Å². The number of hydrogen-bond acceptors (Lipinski definition) is 7. The average Bonchev–Trinajstić information content (AvgIpc) is 3.49. The third-order valence-electron chi connectivity index (χ3n) is 9.31. The van der Waals surface area contributed by atoms with Crippen LogP contribution >= 0.6 is 0 Å². The number of nitrogens with one attached hydrogen (secondary N) is 1. The number of likely N-dealkylation sites (tertiary alicyclic amines) is 1. The number of ether oxygens (including phenoxy) is 1.